The summed E-state index contributed by atoms with van der Waals surface area (Å²) in [4.78, 5) is 26.3. The fraction of sp³-hybridized carbons (Fsp3) is 0.429. The van der Waals surface area contributed by atoms with Crippen molar-refractivity contribution in [3.05, 3.63) is 24.5 Å². The first-order valence-corrected chi connectivity index (χ1v) is 7.11. The molecule has 2 aromatic rings. The molecular formula is C14H14N4O3. The Balaban J connectivity index is 1.76. The average molecular weight is 286 g/mol. The molecule has 2 fully saturated rings. The van der Waals surface area contributed by atoms with Crippen LogP contribution in [0.25, 0.3) is 5.82 Å². The Hall–Kier alpha value is -2.44. The quantitative estimate of drug-likeness (QED) is 0.782. The number of nitrogens with zero attached hydrogens (tertiary/aromatic N) is 4. The summed E-state index contributed by atoms with van der Waals surface area (Å²) in [7, 11) is 0. The lowest BCUT2D eigenvalue weighted by Crippen LogP contribution is -2.32. The van der Waals surface area contributed by atoms with Crippen molar-refractivity contribution in [2.45, 2.75) is 25.7 Å². The van der Waals surface area contributed by atoms with E-state index in [1.165, 1.54) is 0 Å². The summed E-state index contributed by atoms with van der Waals surface area (Å²) in [5.41, 5.74) is 0. The Morgan fingerprint density at radius 1 is 0.952 bits per heavy atom. The molecule has 0 unspecified atom stereocenters. The number of fused-ring (bicyclic) bond motifs is 1. The molecule has 21 heavy (non-hydrogen) atoms. The van der Waals surface area contributed by atoms with Crippen LogP contribution in [-0.4, -0.2) is 26.7 Å². The second-order valence-electron chi connectivity index (χ2n) is 5.51. The average Bonchev–Trinajstić information content (AvgIpc) is 3.21. The molecule has 0 spiro atoms. The molecule has 2 aromatic heterocycles. The molecule has 2 amide bonds. The molecule has 4 rings (SSSR count). The molecule has 7 heteroatoms. The number of carbonyl (C=O) groups is 2. The molecule has 0 radical (unpaired) electrons. The monoisotopic (exact) mass is 286 g/mol. The Morgan fingerprint density at radius 3 is 2.14 bits per heavy atom. The minimum atomic E-state index is -0.208. The van der Waals surface area contributed by atoms with Crippen molar-refractivity contribution in [2.75, 3.05) is 4.90 Å². The minimum absolute atomic E-state index is 0.172. The largest absolute Gasteiger partial charge is 0.303 e. The van der Waals surface area contributed by atoms with Gasteiger partial charge in [-0.2, -0.15) is 0 Å². The van der Waals surface area contributed by atoms with Gasteiger partial charge in [-0.25, -0.2) is 9.53 Å². The zero-order chi connectivity index (χ0) is 14.4. The summed E-state index contributed by atoms with van der Waals surface area (Å²) < 4.78 is 6.44. The third kappa shape index (κ3) is 1.73. The SMILES string of the molecule is O=C1[C@H]2CCCC[C@H]2C(=O)N1c1nonc1-n1cccc1. The fourth-order valence-corrected chi connectivity index (χ4v) is 3.33. The van der Waals surface area contributed by atoms with E-state index >= 15 is 0 Å². The molecule has 108 valence electrons. The van der Waals surface area contributed by atoms with E-state index in [-0.39, 0.29) is 29.5 Å². The van der Waals surface area contributed by atoms with Gasteiger partial charge in [0.05, 0.1) is 11.8 Å². The summed E-state index contributed by atoms with van der Waals surface area (Å²) in [6.07, 6.45) is 7.07. The van der Waals surface area contributed by atoms with E-state index in [1.54, 1.807) is 17.0 Å². The van der Waals surface area contributed by atoms with Crippen molar-refractivity contribution in [1.82, 2.24) is 14.9 Å². The van der Waals surface area contributed by atoms with Crippen molar-refractivity contribution >= 4 is 17.6 Å². The number of carbonyl (C=O) groups excluding carboxylic acids is 2. The van der Waals surface area contributed by atoms with Crippen LogP contribution < -0.4 is 4.90 Å². The predicted octanol–water partition coefficient (Wildman–Crippen LogP) is 1.54. The second-order valence-corrected chi connectivity index (χ2v) is 5.51. The summed E-state index contributed by atoms with van der Waals surface area (Å²) in [6, 6.07) is 3.65. The van der Waals surface area contributed by atoms with Crippen LogP contribution in [0.1, 0.15) is 25.7 Å². The van der Waals surface area contributed by atoms with Crippen LogP contribution in [0.4, 0.5) is 5.82 Å². The highest BCUT2D eigenvalue weighted by atomic mass is 16.6. The minimum Gasteiger partial charge on any atom is -0.303 e. The second kappa shape index (κ2) is 4.54. The van der Waals surface area contributed by atoms with E-state index in [2.05, 4.69) is 10.3 Å². The van der Waals surface area contributed by atoms with Crippen molar-refractivity contribution in [1.29, 1.82) is 0 Å². The lowest BCUT2D eigenvalue weighted by molar-refractivity contribution is -0.122. The van der Waals surface area contributed by atoms with Gasteiger partial charge >= 0.3 is 0 Å². The number of aromatic nitrogens is 3. The van der Waals surface area contributed by atoms with Gasteiger partial charge in [0.1, 0.15) is 0 Å². The number of anilines is 1. The van der Waals surface area contributed by atoms with E-state index in [9.17, 15) is 9.59 Å². The summed E-state index contributed by atoms with van der Waals surface area (Å²) in [5, 5.41) is 7.61. The molecule has 0 bridgehead atoms. The van der Waals surface area contributed by atoms with Gasteiger partial charge in [-0.05, 0) is 35.3 Å². The fourth-order valence-electron chi connectivity index (χ4n) is 3.33. The van der Waals surface area contributed by atoms with Crippen LogP contribution in [-0.2, 0) is 9.59 Å². The normalized spacial score (nSPS) is 25.4. The molecule has 1 aliphatic heterocycles. The van der Waals surface area contributed by atoms with Gasteiger partial charge in [0.2, 0.25) is 23.5 Å². The highest BCUT2D eigenvalue weighted by molar-refractivity contribution is 6.22. The first-order valence-electron chi connectivity index (χ1n) is 7.11. The maximum Gasteiger partial charge on any atom is 0.239 e. The maximum atomic E-state index is 12.6. The van der Waals surface area contributed by atoms with Gasteiger partial charge in [0.15, 0.2) is 0 Å². The van der Waals surface area contributed by atoms with Crippen molar-refractivity contribution < 1.29 is 14.2 Å². The van der Waals surface area contributed by atoms with Gasteiger partial charge in [-0.1, -0.05) is 12.8 Å². The van der Waals surface area contributed by atoms with E-state index in [0.717, 1.165) is 30.6 Å². The van der Waals surface area contributed by atoms with E-state index in [1.807, 2.05) is 12.1 Å². The molecular weight excluding hydrogens is 272 g/mol. The Bertz CT molecular complexity index is 667. The van der Waals surface area contributed by atoms with Crippen molar-refractivity contribution in [3.8, 4) is 5.82 Å². The highest BCUT2D eigenvalue weighted by Gasteiger charge is 2.50. The molecule has 1 aliphatic carbocycles. The summed E-state index contributed by atoms with van der Waals surface area (Å²) >= 11 is 0. The predicted molar refractivity (Wildman–Crippen MR) is 71.6 cm³/mol. The number of rotatable bonds is 2. The third-order valence-corrected chi connectivity index (χ3v) is 4.36. The van der Waals surface area contributed by atoms with E-state index in [0.29, 0.717) is 5.82 Å². The number of imide groups is 1. The van der Waals surface area contributed by atoms with Crippen molar-refractivity contribution in [3.63, 3.8) is 0 Å². The van der Waals surface area contributed by atoms with E-state index in [4.69, 9.17) is 4.63 Å². The van der Waals surface area contributed by atoms with Crippen LogP contribution in [0.15, 0.2) is 29.2 Å². The smallest absolute Gasteiger partial charge is 0.239 e. The number of hydrogen-bond acceptors (Lipinski definition) is 5. The topological polar surface area (TPSA) is 81.2 Å². The van der Waals surface area contributed by atoms with Gasteiger partial charge in [0, 0.05) is 12.4 Å². The zero-order valence-electron chi connectivity index (χ0n) is 11.3. The Morgan fingerprint density at radius 2 is 1.52 bits per heavy atom. The first kappa shape index (κ1) is 12.3. The van der Waals surface area contributed by atoms with Crippen LogP contribution in [0.3, 0.4) is 0 Å². The molecule has 1 saturated carbocycles. The highest BCUT2D eigenvalue weighted by Crippen LogP contribution is 2.40. The lowest BCUT2D eigenvalue weighted by atomic mass is 9.81. The lowest BCUT2D eigenvalue weighted by Gasteiger charge is -2.19. The standard InChI is InChI=1S/C14H14N4O3/c19-13-9-5-1-2-6-10(9)14(20)18(13)12-11(15-21-16-12)17-7-3-4-8-17/h3-4,7-10H,1-2,5-6H2/t9-,10+. The van der Waals surface area contributed by atoms with Gasteiger partial charge in [0.25, 0.3) is 0 Å². The number of hydrogen-bond donors (Lipinski definition) is 0. The Labute approximate surface area is 120 Å². The molecule has 2 atom stereocenters. The van der Waals surface area contributed by atoms with Gasteiger partial charge in [-0.3, -0.25) is 9.59 Å². The molecule has 7 nitrogen and oxygen atoms in total. The third-order valence-electron chi connectivity index (χ3n) is 4.36. The molecule has 3 heterocycles. The Kier molecular flexibility index (Phi) is 2.66. The van der Waals surface area contributed by atoms with Gasteiger partial charge < -0.3 is 4.57 Å². The van der Waals surface area contributed by atoms with Crippen LogP contribution >= 0.6 is 0 Å². The summed E-state index contributed by atoms with van der Waals surface area (Å²) in [5.74, 6) is -0.209. The molecule has 1 saturated heterocycles. The maximum absolute atomic E-state index is 12.6. The van der Waals surface area contributed by atoms with Crippen LogP contribution in [0, 0.1) is 11.8 Å². The van der Waals surface area contributed by atoms with E-state index < -0.39 is 0 Å². The molecule has 2 aliphatic rings. The van der Waals surface area contributed by atoms with Crippen molar-refractivity contribution in [2.24, 2.45) is 11.8 Å². The number of amides is 2. The molecule has 0 aromatic carbocycles. The van der Waals surface area contributed by atoms with Gasteiger partial charge in [-0.15, -0.1) is 0 Å². The molecule has 0 N–H and O–H groups in total. The zero-order valence-corrected chi connectivity index (χ0v) is 11.3. The summed E-state index contributed by atoms with van der Waals surface area (Å²) in [6.45, 7) is 0. The van der Waals surface area contributed by atoms with Crippen LogP contribution in [0.2, 0.25) is 0 Å². The van der Waals surface area contributed by atoms with Crippen LogP contribution in [0.5, 0.6) is 0 Å². The first-order chi connectivity index (χ1) is 10.3.